The molecule has 1 aliphatic carbocycles. The van der Waals surface area contributed by atoms with Gasteiger partial charge in [-0.1, -0.05) is 0 Å². The number of fused-ring (bicyclic) bond motifs is 2. The van der Waals surface area contributed by atoms with E-state index in [0.29, 0.717) is 13.0 Å². The van der Waals surface area contributed by atoms with Gasteiger partial charge in [-0.3, -0.25) is 14.6 Å². The van der Waals surface area contributed by atoms with E-state index in [2.05, 4.69) is 4.98 Å². The summed E-state index contributed by atoms with van der Waals surface area (Å²) in [5.74, 6) is -1.61. The summed E-state index contributed by atoms with van der Waals surface area (Å²) in [5.41, 5.74) is 1.22. The Bertz CT molecular complexity index is 1180. The highest BCUT2D eigenvalue weighted by molar-refractivity contribution is 6.29. The van der Waals surface area contributed by atoms with Crippen LogP contribution in [0.1, 0.15) is 54.7 Å². The number of ketones is 2. The summed E-state index contributed by atoms with van der Waals surface area (Å²) >= 11 is 0. The molecule has 0 N–H and O–H groups in total. The van der Waals surface area contributed by atoms with E-state index in [4.69, 9.17) is 9.15 Å². The number of hydrogen-bond donors (Lipinski definition) is 0. The van der Waals surface area contributed by atoms with Gasteiger partial charge in [0.25, 0.3) is 0 Å². The van der Waals surface area contributed by atoms with Crippen molar-refractivity contribution in [3.05, 3.63) is 76.8 Å². The average molecular weight is 500 g/mol. The summed E-state index contributed by atoms with van der Waals surface area (Å²) < 4.78 is 12.9. The number of anilines is 1. The van der Waals surface area contributed by atoms with Crippen molar-refractivity contribution in [3.8, 4) is 0 Å². The van der Waals surface area contributed by atoms with Gasteiger partial charge in [-0.2, -0.15) is 0 Å². The standard InChI is InChI=1S/C23H22N3O5.BrH/c1-14-17(18-21(28)19-16(6-4-9-24-19)20(27)22(18)31-14)23(29)30-13-5-10-26-11-7-15(8-12-26)25(2)3;/h4,6-9,11-12H,5,10,13H2,1-3H3;1H/q+1;/p-1. The summed E-state index contributed by atoms with van der Waals surface area (Å²) in [6.07, 6.45) is 5.95. The van der Waals surface area contributed by atoms with Gasteiger partial charge in [0, 0.05) is 44.5 Å². The van der Waals surface area contributed by atoms with Gasteiger partial charge in [0.2, 0.25) is 11.6 Å². The molecular formula is C23H22BrN3O5. The molecule has 166 valence electrons. The molecule has 0 radical (unpaired) electrons. The Morgan fingerprint density at radius 3 is 2.56 bits per heavy atom. The van der Waals surface area contributed by atoms with E-state index >= 15 is 0 Å². The Hall–Kier alpha value is -3.33. The molecule has 0 fully saturated rings. The molecule has 4 rings (SSSR count). The first kappa shape index (κ1) is 23.3. The van der Waals surface area contributed by atoms with E-state index in [-0.39, 0.29) is 57.5 Å². The highest BCUT2D eigenvalue weighted by Crippen LogP contribution is 2.32. The Morgan fingerprint density at radius 2 is 1.88 bits per heavy atom. The van der Waals surface area contributed by atoms with E-state index in [1.807, 2.05) is 48.1 Å². The van der Waals surface area contributed by atoms with Gasteiger partial charge in [-0.05, 0) is 19.1 Å². The average Bonchev–Trinajstić information content (AvgIpc) is 3.13. The number of rotatable bonds is 6. The first-order valence-electron chi connectivity index (χ1n) is 9.90. The number of ether oxygens (including phenoxy) is 1. The number of pyridine rings is 2. The SMILES string of the molecule is Cc1oc2c(c1C(=O)OCCC[n+]1ccc(N(C)C)cc1)C(=O)c1ncccc1C2=O.[Br-]. The second-order valence-corrected chi connectivity index (χ2v) is 7.47. The van der Waals surface area contributed by atoms with E-state index < -0.39 is 17.5 Å². The summed E-state index contributed by atoms with van der Waals surface area (Å²) in [6, 6.07) is 7.10. The molecule has 0 aromatic carbocycles. The van der Waals surface area contributed by atoms with E-state index in [9.17, 15) is 14.4 Å². The molecule has 0 amide bonds. The third-order valence-electron chi connectivity index (χ3n) is 5.17. The van der Waals surface area contributed by atoms with Crippen LogP contribution in [-0.2, 0) is 11.3 Å². The van der Waals surface area contributed by atoms with Crippen LogP contribution in [-0.4, -0.2) is 43.2 Å². The predicted molar refractivity (Wildman–Crippen MR) is 110 cm³/mol. The van der Waals surface area contributed by atoms with Gasteiger partial charge < -0.3 is 31.0 Å². The molecule has 8 nitrogen and oxygen atoms in total. The zero-order valence-electron chi connectivity index (χ0n) is 17.9. The van der Waals surface area contributed by atoms with E-state index in [1.54, 1.807) is 6.07 Å². The van der Waals surface area contributed by atoms with Crippen LogP contribution in [0.15, 0.2) is 47.3 Å². The first-order chi connectivity index (χ1) is 14.9. The third kappa shape index (κ3) is 4.20. The number of aromatic nitrogens is 2. The topological polar surface area (TPSA) is 93.6 Å². The van der Waals surface area contributed by atoms with Gasteiger partial charge in [0.1, 0.15) is 17.0 Å². The van der Waals surface area contributed by atoms with Crippen molar-refractivity contribution in [2.75, 3.05) is 25.6 Å². The van der Waals surface area contributed by atoms with Crippen molar-refractivity contribution < 1.29 is 45.1 Å². The molecule has 3 aromatic rings. The first-order valence-corrected chi connectivity index (χ1v) is 9.90. The molecule has 0 aliphatic heterocycles. The number of aryl methyl sites for hydroxylation is 2. The number of hydrogen-bond acceptors (Lipinski definition) is 7. The molecule has 3 aromatic heterocycles. The molecule has 0 atom stereocenters. The van der Waals surface area contributed by atoms with Crippen molar-refractivity contribution in [1.82, 2.24) is 4.98 Å². The van der Waals surface area contributed by atoms with Gasteiger partial charge in [0.15, 0.2) is 24.7 Å². The Kier molecular flexibility index (Phi) is 6.88. The normalized spacial score (nSPS) is 12.0. The lowest BCUT2D eigenvalue weighted by atomic mass is 9.90. The van der Waals surface area contributed by atoms with Gasteiger partial charge in [-0.15, -0.1) is 0 Å². The molecule has 1 aliphatic rings. The van der Waals surface area contributed by atoms with Crippen molar-refractivity contribution in [2.24, 2.45) is 0 Å². The van der Waals surface area contributed by atoms with Gasteiger partial charge in [0.05, 0.1) is 17.7 Å². The zero-order valence-corrected chi connectivity index (χ0v) is 19.5. The van der Waals surface area contributed by atoms with Crippen LogP contribution in [0.5, 0.6) is 0 Å². The maximum absolute atomic E-state index is 12.9. The summed E-state index contributed by atoms with van der Waals surface area (Å²) in [4.78, 5) is 44.3. The van der Waals surface area contributed by atoms with Crippen LogP contribution in [0.3, 0.4) is 0 Å². The summed E-state index contributed by atoms with van der Waals surface area (Å²) in [7, 11) is 3.95. The largest absolute Gasteiger partial charge is 1.00 e. The lowest BCUT2D eigenvalue weighted by Crippen LogP contribution is -3.00. The van der Waals surface area contributed by atoms with E-state index in [0.717, 1.165) is 5.69 Å². The number of furan rings is 1. The lowest BCUT2D eigenvalue weighted by molar-refractivity contribution is -0.697. The smallest absolute Gasteiger partial charge is 0.342 e. The summed E-state index contributed by atoms with van der Waals surface area (Å²) in [5, 5.41) is 0. The minimum Gasteiger partial charge on any atom is -1.00 e. The lowest BCUT2D eigenvalue weighted by Gasteiger charge is -2.12. The van der Waals surface area contributed by atoms with Crippen LogP contribution in [0, 0.1) is 6.92 Å². The minimum absolute atomic E-state index is 0. The molecule has 9 heteroatoms. The summed E-state index contributed by atoms with van der Waals surface area (Å²) in [6.45, 7) is 2.37. The molecule has 32 heavy (non-hydrogen) atoms. The molecular weight excluding hydrogens is 478 g/mol. The predicted octanol–water partition coefficient (Wildman–Crippen LogP) is -0.637. The van der Waals surface area contributed by atoms with Crippen molar-refractivity contribution in [1.29, 1.82) is 0 Å². The van der Waals surface area contributed by atoms with Crippen molar-refractivity contribution >= 4 is 23.2 Å². The fraction of sp³-hybridized carbons (Fsp3) is 0.261. The van der Waals surface area contributed by atoms with Crippen LogP contribution in [0.25, 0.3) is 0 Å². The quantitative estimate of drug-likeness (QED) is 0.198. The van der Waals surface area contributed by atoms with E-state index in [1.165, 1.54) is 19.2 Å². The Morgan fingerprint density at radius 1 is 1.16 bits per heavy atom. The second kappa shape index (κ2) is 9.44. The highest BCUT2D eigenvalue weighted by Gasteiger charge is 2.39. The molecule has 0 bridgehead atoms. The van der Waals surface area contributed by atoms with Crippen LogP contribution in [0.2, 0.25) is 0 Å². The third-order valence-corrected chi connectivity index (χ3v) is 5.17. The number of nitrogens with zero attached hydrogens (tertiary/aromatic N) is 3. The van der Waals surface area contributed by atoms with Crippen LogP contribution in [0.4, 0.5) is 5.69 Å². The fourth-order valence-electron chi connectivity index (χ4n) is 3.56. The molecule has 3 heterocycles. The molecule has 0 spiro atoms. The fourth-order valence-corrected chi connectivity index (χ4v) is 3.56. The molecule has 0 saturated heterocycles. The Balaban J connectivity index is 0.00000289. The van der Waals surface area contributed by atoms with Crippen molar-refractivity contribution in [2.45, 2.75) is 19.9 Å². The number of esters is 1. The maximum atomic E-state index is 12.9. The van der Waals surface area contributed by atoms with Gasteiger partial charge >= 0.3 is 5.97 Å². The molecule has 0 saturated carbocycles. The van der Waals surface area contributed by atoms with Gasteiger partial charge in [-0.25, -0.2) is 9.36 Å². The maximum Gasteiger partial charge on any atom is 0.342 e. The molecule has 0 unspecified atom stereocenters. The number of carbonyl (C=O) groups excluding carboxylic acids is 3. The number of carbonyl (C=O) groups is 3. The minimum atomic E-state index is -0.684. The Labute approximate surface area is 195 Å². The van der Waals surface area contributed by atoms with Crippen LogP contribution < -0.4 is 26.4 Å². The monoisotopic (exact) mass is 499 g/mol. The zero-order chi connectivity index (χ0) is 22.1. The highest BCUT2D eigenvalue weighted by atomic mass is 79.9. The van der Waals surface area contributed by atoms with Crippen LogP contribution >= 0.6 is 0 Å². The number of halogens is 1. The van der Waals surface area contributed by atoms with Crippen molar-refractivity contribution in [3.63, 3.8) is 0 Å². The second-order valence-electron chi connectivity index (χ2n) is 7.47.